The van der Waals surface area contributed by atoms with E-state index < -0.39 is 12.1 Å². The molecule has 1 saturated heterocycles. The maximum Gasteiger partial charge on any atom is 0.335 e. The Morgan fingerprint density at radius 1 is 1.04 bits per heavy atom. The van der Waals surface area contributed by atoms with Crippen LogP contribution in [-0.2, 0) is 11.2 Å². The summed E-state index contributed by atoms with van der Waals surface area (Å²) in [6.07, 6.45) is 1.70. The first-order valence-corrected chi connectivity index (χ1v) is 9.47. The molecule has 28 heavy (non-hydrogen) atoms. The van der Waals surface area contributed by atoms with Crippen LogP contribution in [0.4, 0.5) is 4.39 Å². The Morgan fingerprint density at radius 3 is 2.21 bits per heavy atom. The highest BCUT2D eigenvalue weighted by Gasteiger charge is 2.28. The number of amides is 1. The van der Waals surface area contributed by atoms with Crippen LogP contribution in [0.25, 0.3) is 0 Å². The lowest BCUT2D eigenvalue weighted by Gasteiger charge is -2.34. The number of benzene rings is 2. The zero-order valence-electron chi connectivity index (χ0n) is 15.6. The molecule has 0 aromatic heterocycles. The highest BCUT2D eigenvalue weighted by atomic mass is 19.1. The van der Waals surface area contributed by atoms with Crippen molar-refractivity contribution in [3.8, 4) is 0 Å². The van der Waals surface area contributed by atoms with Gasteiger partial charge in [0, 0.05) is 19.5 Å². The predicted molar refractivity (Wildman–Crippen MR) is 102 cm³/mol. The quantitative estimate of drug-likeness (QED) is 0.799. The Labute approximate surface area is 163 Å². The minimum atomic E-state index is -0.965. The molecule has 0 spiro atoms. The lowest BCUT2D eigenvalue weighted by Crippen LogP contribution is -2.39. The molecule has 0 unspecified atom stereocenters. The van der Waals surface area contributed by atoms with Gasteiger partial charge in [-0.25, -0.2) is 9.18 Å². The van der Waals surface area contributed by atoms with Crippen molar-refractivity contribution >= 4 is 11.9 Å². The second-order valence-corrected chi connectivity index (χ2v) is 7.22. The van der Waals surface area contributed by atoms with Gasteiger partial charge in [-0.2, -0.15) is 0 Å². The SMILES string of the molecule is O=C(O)c1ccc(CCC(=O)N2CCC([C@H](O)c3ccc(F)cc3)CC2)cc1. The summed E-state index contributed by atoms with van der Waals surface area (Å²) in [6.45, 7) is 1.19. The van der Waals surface area contributed by atoms with Crippen molar-refractivity contribution in [1.29, 1.82) is 0 Å². The number of piperidine rings is 1. The van der Waals surface area contributed by atoms with Gasteiger partial charge in [-0.05, 0) is 60.6 Å². The van der Waals surface area contributed by atoms with Crippen LogP contribution in [0.15, 0.2) is 48.5 Å². The second-order valence-electron chi connectivity index (χ2n) is 7.22. The third kappa shape index (κ3) is 4.95. The first-order chi connectivity index (χ1) is 13.4. The molecule has 1 atom stereocenters. The molecule has 0 aliphatic carbocycles. The van der Waals surface area contributed by atoms with Crippen molar-refractivity contribution in [2.45, 2.75) is 31.8 Å². The summed E-state index contributed by atoms with van der Waals surface area (Å²) in [5.41, 5.74) is 1.87. The van der Waals surface area contributed by atoms with E-state index >= 15 is 0 Å². The van der Waals surface area contributed by atoms with Gasteiger partial charge in [-0.15, -0.1) is 0 Å². The van der Waals surface area contributed by atoms with Crippen molar-refractivity contribution in [3.63, 3.8) is 0 Å². The van der Waals surface area contributed by atoms with Crippen molar-refractivity contribution in [1.82, 2.24) is 4.90 Å². The molecule has 2 N–H and O–H groups in total. The number of likely N-dealkylation sites (tertiary alicyclic amines) is 1. The fourth-order valence-electron chi connectivity index (χ4n) is 3.62. The smallest absolute Gasteiger partial charge is 0.335 e. The molecular weight excluding hydrogens is 361 g/mol. The third-order valence-corrected chi connectivity index (χ3v) is 5.38. The number of carbonyl (C=O) groups excluding carboxylic acids is 1. The van der Waals surface area contributed by atoms with Crippen LogP contribution in [0.5, 0.6) is 0 Å². The molecule has 0 saturated carbocycles. The van der Waals surface area contributed by atoms with Gasteiger partial charge >= 0.3 is 5.97 Å². The average molecular weight is 385 g/mol. The maximum atomic E-state index is 13.0. The fraction of sp³-hybridized carbons (Fsp3) is 0.364. The normalized spacial score (nSPS) is 16.0. The number of aliphatic hydroxyl groups is 1. The lowest BCUT2D eigenvalue weighted by atomic mass is 9.87. The highest BCUT2D eigenvalue weighted by molar-refractivity contribution is 5.87. The number of carboxylic acids is 1. The lowest BCUT2D eigenvalue weighted by molar-refractivity contribution is -0.133. The number of carbonyl (C=O) groups is 2. The van der Waals surface area contributed by atoms with Crippen molar-refractivity contribution in [2.75, 3.05) is 13.1 Å². The monoisotopic (exact) mass is 385 g/mol. The number of carboxylic acid groups (broad SMARTS) is 1. The highest BCUT2D eigenvalue weighted by Crippen LogP contribution is 2.31. The van der Waals surface area contributed by atoms with E-state index in [0.29, 0.717) is 44.3 Å². The van der Waals surface area contributed by atoms with E-state index in [-0.39, 0.29) is 23.2 Å². The number of rotatable bonds is 6. The van der Waals surface area contributed by atoms with E-state index in [0.717, 1.165) is 5.56 Å². The van der Waals surface area contributed by atoms with Crippen LogP contribution in [0, 0.1) is 11.7 Å². The molecule has 1 amide bonds. The Kier molecular flexibility index (Phi) is 6.41. The Bertz CT molecular complexity index is 811. The van der Waals surface area contributed by atoms with E-state index in [1.165, 1.54) is 12.1 Å². The minimum Gasteiger partial charge on any atom is -0.478 e. The number of aromatic carboxylic acids is 1. The summed E-state index contributed by atoms with van der Waals surface area (Å²) in [5.74, 6) is -1.17. The van der Waals surface area contributed by atoms with Crippen molar-refractivity contribution < 1.29 is 24.2 Å². The second kappa shape index (κ2) is 8.97. The molecule has 5 nitrogen and oxygen atoms in total. The molecule has 1 aliphatic rings. The van der Waals surface area contributed by atoms with Gasteiger partial charge in [0.1, 0.15) is 5.82 Å². The summed E-state index contributed by atoms with van der Waals surface area (Å²) in [4.78, 5) is 25.1. The standard InChI is InChI=1S/C22H24FNO4/c23-19-8-6-16(7-9-19)21(26)17-11-13-24(14-12-17)20(25)10-3-15-1-4-18(5-2-15)22(27)28/h1-2,4-9,17,21,26H,3,10-14H2,(H,27,28)/t21-/m1/s1. The molecular formula is C22H24FNO4. The van der Waals surface area contributed by atoms with Crippen LogP contribution >= 0.6 is 0 Å². The molecule has 2 aromatic carbocycles. The van der Waals surface area contributed by atoms with Gasteiger partial charge in [-0.1, -0.05) is 24.3 Å². The predicted octanol–water partition coefficient (Wildman–Crippen LogP) is 3.43. The van der Waals surface area contributed by atoms with E-state index in [1.807, 2.05) is 4.90 Å². The van der Waals surface area contributed by atoms with Crippen LogP contribution in [0.2, 0.25) is 0 Å². The van der Waals surface area contributed by atoms with Crippen molar-refractivity contribution in [3.05, 3.63) is 71.0 Å². The Hall–Kier alpha value is -2.73. The molecule has 0 radical (unpaired) electrons. The van der Waals surface area contributed by atoms with Gasteiger partial charge in [0.25, 0.3) is 0 Å². The molecule has 1 aliphatic heterocycles. The Morgan fingerprint density at radius 2 is 1.64 bits per heavy atom. The molecule has 0 bridgehead atoms. The van der Waals surface area contributed by atoms with Gasteiger partial charge < -0.3 is 15.1 Å². The molecule has 6 heteroatoms. The zero-order chi connectivity index (χ0) is 20.1. The molecule has 1 fully saturated rings. The summed E-state index contributed by atoms with van der Waals surface area (Å²) in [6, 6.07) is 12.5. The van der Waals surface area contributed by atoms with E-state index in [2.05, 4.69) is 0 Å². The molecule has 2 aromatic rings. The number of aliphatic hydroxyl groups excluding tert-OH is 1. The minimum absolute atomic E-state index is 0.0538. The van der Waals surface area contributed by atoms with Gasteiger partial charge in [0.15, 0.2) is 0 Å². The van der Waals surface area contributed by atoms with Gasteiger partial charge in [0.05, 0.1) is 11.7 Å². The largest absolute Gasteiger partial charge is 0.478 e. The van der Waals surface area contributed by atoms with E-state index in [1.54, 1.807) is 36.4 Å². The summed E-state index contributed by atoms with van der Waals surface area (Å²) >= 11 is 0. The van der Waals surface area contributed by atoms with Crippen LogP contribution in [0.1, 0.15) is 46.9 Å². The summed E-state index contributed by atoms with van der Waals surface area (Å²) in [5, 5.41) is 19.4. The molecule has 1 heterocycles. The number of halogens is 1. The van der Waals surface area contributed by atoms with Crippen LogP contribution in [0.3, 0.4) is 0 Å². The third-order valence-electron chi connectivity index (χ3n) is 5.38. The summed E-state index contributed by atoms with van der Waals surface area (Å²) < 4.78 is 13.0. The van der Waals surface area contributed by atoms with Crippen LogP contribution in [-0.4, -0.2) is 40.1 Å². The fourth-order valence-corrected chi connectivity index (χ4v) is 3.62. The average Bonchev–Trinajstić information content (AvgIpc) is 2.72. The maximum absolute atomic E-state index is 13.0. The van der Waals surface area contributed by atoms with E-state index in [9.17, 15) is 19.1 Å². The number of nitrogens with zero attached hydrogens (tertiary/aromatic N) is 1. The number of aryl methyl sites for hydroxylation is 1. The zero-order valence-corrected chi connectivity index (χ0v) is 15.6. The first kappa shape index (κ1) is 20.0. The van der Waals surface area contributed by atoms with Gasteiger partial charge in [-0.3, -0.25) is 4.79 Å². The molecule has 3 rings (SSSR count). The first-order valence-electron chi connectivity index (χ1n) is 9.47. The number of hydrogen-bond donors (Lipinski definition) is 2. The Balaban J connectivity index is 1.46. The topological polar surface area (TPSA) is 77.8 Å². The van der Waals surface area contributed by atoms with E-state index in [4.69, 9.17) is 5.11 Å². The molecule has 148 valence electrons. The van der Waals surface area contributed by atoms with Crippen molar-refractivity contribution in [2.24, 2.45) is 5.92 Å². The van der Waals surface area contributed by atoms with Crippen LogP contribution < -0.4 is 0 Å². The number of hydrogen-bond acceptors (Lipinski definition) is 3. The van der Waals surface area contributed by atoms with Gasteiger partial charge in [0.2, 0.25) is 5.91 Å². The summed E-state index contributed by atoms with van der Waals surface area (Å²) in [7, 11) is 0.